The highest BCUT2D eigenvalue weighted by Gasteiger charge is 2.48. The molecular weight excluding hydrogens is 424 g/mol. The summed E-state index contributed by atoms with van der Waals surface area (Å²) in [4.78, 5) is 11.7. The van der Waals surface area contributed by atoms with E-state index in [1.54, 1.807) is 12.5 Å². The van der Waals surface area contributed by atoms with E-state index in [2.05, 4.69) is 30.5 Å². The van der Waals surface area contributed by atoms with Crippen molar-refractivity contribution in [2.45, 2.75) is 18.5 Å². The Morgan fingerprint density at radius 1 is 1.25 bits per heavy atom. The monoisotopic (exact) mass is 446 g/mol. The van der Waals surface area contributed by atoms with Crippen LogP contribution in [0.25, 0.3) is 22.3 Å². The summed E-state index contributed by atoms with van der Waals surface area (Å²) < 4.78 is 21.4. The third-order valence-electron chi connectivity index (χ3n) is 5.85. The van der Waals surface area contributed by atoms with E-state index in [1.165, 1.54) is 6.33 Å². The smallest absolute Gasteiger partial charge is 0.141 e. The zero-order valence-electron chi connectivity index (χ0n) is 17.5. The van der Waals surface area contributed by atoms with E-state index in [1.807, 2.05) is 57.8 Å². The molecule has 1 atom stereocenters. The maximum absolute atomic E-state index is 13.2. The fourth-order valence-electron chi connectivity index (χ4n) is 4.00. The van der Waals surface area contributed by atoms with Gasteiger partial charge in [-0.05, 0) is 11.6 Å². The molecule has 1 fully saturated rings. The molecule has 0 spiro atoms. The number of nitriles is 1. The molecule has 5 rings (SSSR count). The van der Waals surface area contributed by atoms with Gasteiger partial charge in [0.05, 0.1) is 30.9 Å². The van der Waals surface area contributed by atoms with E-state index in [9.17, 15) is 9.47 Å². The lowest BCUT2D eigenvalue weighted by Gasteiger charge is -2.48. The number of H-pyrrole nitrogens is 1. The van der Waals surface area contributed by atoms with Crippen LogP contribution in [-0.2, 0) is 22.0 Å². The summed E-state index contributed by atoms with van der Waals surface area (Å²) in [6, 6.07) is 14.0. The number of aromatic amines is 1. The average Bonchev–Trinajstić information content (AvgIpc) is 3.45. The van der Waals surface area contributed by atoms with Gasteiger partial charge in [-0.3, -0.25) is 4.68 Å². The van der Waals surface area contributed by atoms with Crippen molar-refractivity contribution < 1.29 is 4.21 Å². The molecule has 9 nitrogen and oxygen atoms in total. The summed E-state index contributed by atoms with van der Waals surface area (Å²) in [5, 5.41) is 14.9. The Balaban J connectivity index is 1.39. The van der Waals surface area contributed by atoms with Crippen LogP contribution in [-0.4, -0.2) is 52.6 Å². The Morgan fingerprint density at radius 2 is 2.06 bits per heavy atom. The van der Waals surface area contributed by atoms with Gasteiger partial charge in [-0.1, -0.05) is 30.3 Å². The Hall–Kier alpha value is -3.55. The van der Waals surface area contributed by atoms with Gasteiger partial charge in [0, 0.05) is 42.7 Å². The zero-order valence-corrected chi connectivity index (χ0v) is 18.4. The Labute approximate surface area is 186 Å². The highest BCUT2D eigenvalue weighted by atomic mass is 32.2. The van der Waals surface area contributed by atoms with Crippen LogP contribution < -0.4 is 0 Å². The second-order valence-electron chi connectivity index (χ2n) is 8.03. The first-order valence-corrected chi connectivity index (χ1v) is 12.1. The first kappa shape index (κ1) is 20.4. The average molecular weight is 447 g/mol. The Bertz CT molecular complexity index is 1420. The largest absolute Gasteiger partial charge is 0.346 e. The first-order valence-electron chi connectivity index (χ1n) is 10.2. The molecule has 162 valence electrons. The van der Waals surface area contributed by atoms with Crippen LogP contribution in [0.5, 0.6) is 0 Å². The topological polar surface area (TPSA) is 116 Å². The van der Waals surface area contributed by atoms with E-state index in [4.69, 9.17) is 0 Å². The van der Waals surface area contributed by atoms with Gasteiger partial charge in [0.2, 0.25) is 0 Å². The number of hydrogen-bond acceptors (Lipinski definition) is 6. The van der Waals surface area contributed by atoms with Gasteiger partial charge in [-0.15, -0.1) is 0 Å². The van der Waals surface area contributed by atoms with Crippen molar-refractivity contribution in [1.29, 1.82) is 5.26 Å². The van der Waals surface area contributed by atoms with Crippen LogP contribution in [0, 0.1) is 11.3 Å². The van der Waals surface area contributed by atoms with Crippen molar-refractivity contribution in [2.24, 2.45) is 4.36 Å². The molecule has 0 saturated carbocycles. The molecule has 0 unspecified atom stereocenters. The third-order valence-corrected chi connectivity index (χ3v) is 7.68. The molecule has 0 bridgehead atoms. The lowest BCUT2D eigenvalue weighted by molar-refractivity contribution is 0.0753. The molecule has 0 aliphatic carbocycles. The van der Waals surface area contributed by atoms with Crippen molar-refractivity contribution in [1.82, 2.24) is 29.0 Å². The number of hydrogen-bond donors (Lipinski definition) is 1. The fraction of sp³-hybridized carbons (Fsp3) is 0.273. The molecule has 4 heterocycles. The van der Waals surface area contributed by atoms with Crippen molar-refractivity contribution in [2.75, 3.05) is 19.3 Å². The van der Waals surface area contributed by atoms with E-state index >= 15 is 0 Å². The molecule has 1 aliphatic rings. The second kappa shape index (κ2) is 7.85. The second-order valence-corrected chi connectivity index (χ2v) is 10.3. The van der Waals surface area contributed by atoms with Gasteiger partial charge < -0.3 is 4.98 Å². The number of fused-ring (bicyclic) bond motifs is 1. The SMILES string of the molecule is C[S@](=O)(=NCc1ccccc1)N1CC(CC#N)(n2cc(-c3ncnc4[nH]ccc34)cn2)C1. The van der Waals surface area contributed by atoms with Gasteiger partial charge in [0.25, 0.3) is 0 Å². The van der Waals surface area contributed by atoms with E-state index in [-0.39, 0.29) is 6.42 Å². The molecule has 32 heavy (non-hydrogen) atoms. The van der Waals surface area contributed by atoms with Gasteiger partial charge >= 0.3 is 0 Å². The summed E-state index contributed by atoms with van der Waals surface area (Å²) in [7, 11) is -2.55. The number of benzene rings is 1. The molecule has 1 saturated heterocycles. The van der Waals surface area contributed by atoms with Crippen molar-refractivity contribution in [3.8, 4) is 17.3 Å². The molecule has 0 radical (unpaired) electrons. The fourth-order valence-corrected chi connectivity index (χ4v) is 5.51. The highest BCUT2D eigenvalue weighted by molar-refractivity contribution is 7.90. The molecular formula is C22H22N8OS. The quantitative estimate of drug-likeness (QED) is 0.489. The van der Waals surface area contributed by atoms with Gasteiger partial charge in [0.15, 0.2) is 0 Å². The van der Waals surface area contributed by atoms with Gasteiger partial charge in [0.1, 0.15) is 27.4 Å². The van der Waals surface area contributed by atoms with Crippen molar-refractivity contribution in [3.05, 3.63) is 66.9 Å². The number of aromatic nitrogens is 5. The van der Waals surface area contributed by atoms with Crippen LogP contribution in [0.15, 0.2) is 65.7 Å². The van der Waals surface area contributed by atoms with Crippen molar-refractivity contribution >= 4 is 20.9 Å². The van der Waals surface area contributed by atoms with Crippen LogP contribution in [0.2, 0.25) is 0 Å². The summed E-state index contributed by atoms with van der Waals surface area (Å²) in [5.74, 6) is 0. The highest BCUT2D eigenvalue weighted by Crippen LogP contribution is 2.36. The molecule has 3 aromatic heterocycles. The predicted octanol–water partition coefficient (Wildman–Crippen LogP) is 2.96. The maximum Gasteiger partial charge on any atom is 0.141 e. The van der Waals surface area contributed by atoms with Crippen LogP contribution >= 0.6 is 0 Å². The van der Waals surface area contributed by atoms with E-state index < -0.39 is 15.5 Å². The third kappa shape index (κ3) is 3.55. The summed E-state index contributed by atoms with van der Waals surface area (Å²) in [5.41, 5.74) is 2.86. The normalized spacial score (nSPS) is 17.4. The van der Waals surface area contributed by atoms with Gasteiger partial charge in [-0.25, -0.2) is 22.8 Å². The summed E-state index contributed by atoms with van der Waals surface area (Å²) >= 11 is 0. The molecule has 0 amide bonds. The van der Waals surface area contributed by atoms with E-state index in [0.717, 1.165) is 27.9 Å². The van der Waals surface area contributed by atoms with Crippen molar-refractivity contribution in [3.63, 3.8) is 0 Å². The first-order chi connectivity index (χ1) is 15.5. The number of nitrogens with one attached hydrogen (secondary N) is 1. The summed E-state index contributed by atoms with van der Waals surface area (Å²) in [6.07, 6.45) is 8.92. The number of nitrogens with zero attached hydrogens (tertiary/aromatic N) is 7. The maximum atomic E-state index is 13.2. The van der Waals surface area contributed by atoms with Gasteiger partial charge in [-0.2, -0.15) is 10.4 Å². The predicted molar refractivity (Wildman–Crippen MR) is 122 cm³/mol. The molecule has 1 aromatic carbocycles. The van der Waals surface area contributed by atoms with Crippen LogP contribution in [0.1, 0.15) is 12.0 Å². The minimum Gasteiger partial charge on any atom is -0.346 e. The minimum atomic E-state index is -2.55. The standard InChI is InChI=1S/C22H22N8OS/c1-32(31,28-11-17-5-3-2-4-6-17)29-14-22(15-29,8-9-23)30-13-18(12-27-30)20-19-7-10-24-21(19)26-16-25-20/h2-7,10,12-13,16H,8,11,14-15H2,1H3,(H,24,25,26)/t32-/m0/s1. The lowest BCUT2D eigenvalue weighted by atomic mass is 9.89. The van der Waals surface area contributed by atoms with E-state index in [0.29, 0.717) is 19.6 Å². The summed E-state index contributed by atoms with van der Waals surface area (Å²) in [6.45, 7) is 1.28. The molecule has 1 N–H and O–H groups in total. The Morgan fingerprint density at radius 3 is 2.84 bits per heavy atom. The van der Waals surface area contributed by atoms with Crippen LogP contribution in [0.4, 0.5) is 0 Å². The zero-order chi connectivity index (χ0) is 22.2. The minimum absolute atomic E-state index is 0.266. The number of rotatable bonds is 6. The Kier molecular flexibility index (Phi) is 5.00. The lowest BCUT2D eigenvalue weighted by Crippen LogP contribution is -2.63. The molecule has 1 aliphatic heterocycles. The van der Waals surface area contributed by atoms with Crippen LogP contribution in [0.3, 0.4) is 0 Å². The molecule has 10 heteroatoms. The molecule has 4 aromatic rings.